The molecule has 1 atom stereocenters. The molecule has 1 N–H and O–H groups in total. The van der Waals surface area contributed by atoms with Crippen LogP contribution < -0.4 is 14.8 Å². The van der Waals surface area contributed by atoms with Crippen molar-refractivity contribution in [2.75, 3.05) is 13.2 Å². The summed E-state index contributed by atoms with van der Waals surface area (Å²) in [5, 5.41) is 2.91. The Hall–Kier alpha value is -3.28. The first kappa shape index (κ1) is 16.2. The van der Waals surface area contributed by atoms with Crippen LogP contribution in [0.25, 0.3) is 11.4 Å². The number of benzene rings is 2. The zero-order valence-corrected chi connectivity index (χ0v) is 14.2. The van der Waals surface area contributed by atoms with E-state index in [9.17, 15) is 4.79 Å². The van der Waals surface area contributed by atoms with E-state index in [2.05, 4.69) is 10.3 Å². The fourth-order valence-corrected chi connectivity index (χ4v) is 2.89. The summed E-state index contributed by atoms with van der Waals surface area (Å²) in [6.07, 6.45) is 3.30. The fraction of sp³-hybridized carbons (Fsp3) is 0.200. The van der Waals surface area contributed by atoms with E-state index in [0.717, 1.165) is 17.1 Å². The number of amides is 1. The SMILES string of the molecule is O=C(Cn1ccnc1-c1ccccc1)NC[C@@H]1COc2ccccc2O1. The number of hydrogen-bond donors (Lipinski definition) is 1. The lowest BCUT2D eigenvalue weighted by Crippen LogP contribution is -2.41. The number of rotatable bonds is 5. The van der Waals surface area contributed by atoms with Crippen LogP contribution in [-0.2, 0) is 11.3 Å². The highest BCUT2D eigenvalue weighted by molar-refractivity contribution is 5.76. The predicted molar refractivity (Wildman–Crippen MR) is 97.0 cm³/mol. The average Bonchev–Trinajstić information content (AvgIpc) is 3.15. The highest BCUT2D eigenvalue weighted by Crippen LogP contribution is 2.30. The van der Waals surface area contributed by atoms with Gasteiger partial charge in [0.2, 0.25) is 5.91 Å². The Kier molecular flexibility index (Phi) is 4.55. The van der Waals surface area contributed by atoms with Gasteiger partial charge in [0, 0.05) is 18.0 Å². The smallest absolute Gasteiger partial charge is 0.240 e. The molecular weight excluding hydrogens is 330 g/mol. The molecule has 1 aliphatic heterocycles. The maximum atomic E-state index is 12.3. The molecule has 0 saturated heterocycles. The third-order valence-electron chi connectivity index (χ3n) is 4.16. The molecule has 1 amide bonds. The van der Waals surface area contributed by atoms with Gasteiger partial charge in [-0.25, -0.2) is 4.98 Å². The number of fused-ring (bicyclic) bond motifs is 1. The van der Waals surface area contributed by atoms with Crippen LogP contribution in [0.2, 0.25) is 0 Å². The maximum Gasteiger partial charge on any atom is 0.240 e. The van der Waals surface area contributed by atoms with Crippen LogP contribution in [0.15, 0.2) is 67.0 Å². The number of hydrogen-bond acceptors (Lipinski definition) is 4. The summed E-state index contributed by atoms with van der Waals surface area (Å²) in [6.45, 7) is 1.01. The number of ether oxygens (including phenoxy) is 2. The third kappa shape index (κ3) is 3.54. The monoisotopic (exact) mass is 349 g/mol. The molecule has 2 heterocycles. The van der Waals surface area contributed by atoms with Gasteiger partial charge in [-0.2, -0.15) is 0 Å². The lowest BCUT2D eigenvalue weighted by molar-refractivity contribution is -0.122. The topological polar surface area (TPSA) is 65.4 Å². The van der Waals surface area contributed by atoms with Gasteiger partial charge in [0.15, 0.2) is 11.5 Å². The Bertz CT molecular complexity index is 892. The zero-order valence-electron chi connectivity index (χ0n) is 14.2. The van der Waals surface area contributed by atoms with Crippen molar-refractivity contribution in [3.63, 3.8) is 0 Å². The highest BCUT2D eigenvalue weighted by atomic mass is 16.6. The molecule has 0 spiro atoms. The van der Waals surface area contributed by atoms with Gasteiger partial charge in [-0.1, -0.05) is 42.5 Å². The molecule has 1 aliphatic rings. The first-order valence-corrected chi connectivity index (χ1v) is 8.51. The average molecular weight is 349 g/mol. The van der Waals surface area contributed by atoms with Crippen LogP contribution in [0.5, 0.6) is 11.5 Å². The van der Waals surface area contributed by atoms with Gasteiger partial charge in [0.1, 0.15) is 25.1 Å². The summed E-state index contributed by atoms with van der Waals surface area (Å²) >= 11 is 0. The molecule has 0 unspecified atom stereocenters. The minimum absolute atomic E-state index is 0.0948. The lowest BCUT2D eigenvalue weighted by atomic mass is 10.2. The van der Waals surface area contributed by atoms with Crippen molar-refractivity contribution in [2.45, 2.75) is 12.6 Å². The zero-order chi connectivity index (χ0) is 17.8. The Morgan fingerprint density at radius 1 is 1.12 bits per heavy atom. The lowest BCUT2D eigenvalue weighted by Gasteiger charge is -2.26. The Labute approximate surface area is 151 Å². The van der Waals surface area contributed by atoms with Crippen molar-refractivity contribution in [1.29, 1.82) is 0 Å². The van der Waals surface area contributed by atoms with Crippen LogP contribution in [0, 0.1) is 0 Å². The van der Waals surface area contributed by atoms with E-state index >= 15 is 0 Å². The number of para-hydroxylation sites is 2. The highest BCUT2D eigenvalue weighted by Gasteiger charge is 2.21. The molecule has 2 aromatic carbocycles. The van der Waals surface area contributed by atoms with E-state index in [1.165, 1.54) is 0 Å². The Balaban J connectivity index is 1.34. The minimum atomic E-state index is -0.203. The number of carbonyl (C=O) groups is 1. The largest absolute Gasteiger partial charge is 0.486 e. The van der Waals surface area contributed by atoms with Gasteiger partial charge in [-0.05, 0) is 12.1 Å². The molecule has 26 heavy (non-hydrogen) atoms. The third-order valence-corrected chi connectivity index (χ3v) is 4.16. The fourth-order valence-electron chi connectivity index (χ4n) is 2.89. The van der Waals surface area contributed by atoms with E-state index in [1.807, 2.05) is 59.2 Å². The quantitative estimate of drug-likeness (QED) is 0.769. The molecule has 0 bridgehead atoms. The van der Waals surface area contributed by atoms with Gasteiger partial charge in [0.05, 0.1) is 6.54 Å². The van der Waals surface area contributed by atoms with Gasteiger partial charge >= 0.3 is 0 Å². The molecule has 1 aromatic heterocycles. The molecule has 132 valence electrons. The predicted octanol–water partition coefficient (Wildman–Crippen LogP) is 2.51. The van der Waals surface area contributed by atoms with Gasteiger partial charge in [-0.15, -0.1) is 0 Å². The summed E-state index contributed by atoms with van der Waals surface area (Å²) in [5.41, 5.74) is 0.978. The molecule has 3 aromatic rings. The van der Waals surface area contributed by atoms with Crippen LogP contribution in [0.4, 0.5) is 0 Å². The van der Waals surface area contributed by atoms with E-state index < -0.39 is 0 Å². The summed E-state index contributed by atoms with van der Waals surface area (Å²) < 4.78 is 13.3. The molecule has 0 fully saturated rings. The summed E-state index contributed by atoms with van der Waals surface area (Å²) in [6, 6.07) is 17.3. The van der Waals surface area contributed by atoms with E-state index in [4.69, 9.17) is 9.47 Å². The van der Waals surface area contributed by atoms with Crippen molar-refractivity contribution in [3.8, 4) is 22.9 Å². The molecular formula is C20H19N3O3. The first-order chi connectivity index (χ1) is 12.8. The molecule has 6 nitrogen and oxygen atoms in total. The van der Waals surface area contributed by atoms with Crippen LogP contribution in [-0.4, -0.2) is 34.7 Å². The second-order valence-electron chi connectivity index (χ2n) is 6.05. The number of carbonyl (C=O) groups excluding carboxylic acids is 1. The Morgan fingerprint density at radius 2 is 1.88 bits per heavy atom. The molecule has 0 aliphatic carbocycles. The standard InChI is InChI=1S/C20H19N3O3/c24-19(13-23-11-10-21-20(23)15-6-2-1-3-7-15)22-12-16-14-25-17-8-4-5-9-18(17)26-16/h1-11,16H,12-14H2,(H,22,24)/t16-/m1/s1. The van der Waals surface area contributed by atoms with Crippen LogP contribution >= 0.6 is 0 Å². The molecule has 6 heteroatoms. The second-order valence-corrected chi connectivity index (χ2v) is 6.05. The van der Waals surface area contributed by atoms with Gasteiger partial charge in [-0.3, -0.25) is 4.79 Å². The van der Waals surface area contributed by atoms with Gasteiger partial charge < -0.3 is 19.4 Å². The van der Waals surface area contributed by atoms with Crippen LogP contribution in [0.1, 0.15) is 0 Å². The first-order valence-electron chi connectivity index (χ1n) is 8.51. The summed E-state index contributed by atoms with van der Waals surface area (Å²) in [5.74, 6) is 2.12. The Morgan fingerprint density at radius 3 is 2.73 bits per heavy atom. The van der Waals surface area contributed by atoms with E-state index in [-0.39, 0.29) is 18.6 Å². The molecule has 0 saturated carbocycles. The van der Waals surface area contributed by atoms with Crippen molar-refractivity contribution >= 4 is 5.91 Å². The van der Waals surface area contributed by atoms with Crippen molar-refractivity contribution in [1.82, 2.24) is 14.9 Å². The molecule has 0 radical (unpaired) electrons. The van der Waals surface area contributed by atoms with Gasteiger partial charge in [0.25, 0.3) is 0 Å². The number of nitrogens with one attached hydrogen (secondary N) is 1. The second kappa shape index (κ2) is 7.31. The van der Waals surface area contributed by atoms with Crippen molar-refractivity contribution in [2.24, 2.45) is 0 Å². The number of nitrogens with zero attached hydrogens (tertiary/aromatic N) is 2. The number of aromatic nitrogens is 2. The normalized spacial score (nSPS) is 15.5. The van der Waals surface area contributed by atoms with E-state index in [1.54, 1.807) is 12.4 Å². The number of imidazole rings is 1. The maximum absolute atomic E-state index is 12.3. The van der Waals surface area contributed by atoms with Crippen molar-refractivity contribution < 1.29 is 14.3 Å². The van der Waals surface area contributed by atoms with Crippen LogP contribution in [0.3, 0.4) is 0 Å². The summed E-state index contributed by atoms with van der Waals surface area (Å²) in [7, 11) is 0. The minimum Gasteiger partial charge on any atom is -0.486 e. The molecule has 4 rings (SSSR count). The van der Waals surface area contributed by atoms with Crippen molar-refractivity contribution in [3.05, 3.63) is 67.0 Å². The van der Waals surface area contributed by atoms with E-state index in [0.29, 0.717) is 18.9 Å². The summed E-state index contributed by atoms with van der Waals surface area (Å²) in [4.78, 5) is 16.7.